The van der Waals surface area contributed by atoms with Gasteiger partial charge in [-0.25, -0.2) is 0 Å². The largest absolute Gasteiger partial charge is 0.351 e. The monoisotopic (exact) mass is 179 g/mol. The van der Waals surface area contributed by atoms with Crippen molar-refractivity contribution in [3.63, 3.8) is 0 Å². The summed E-state index contributed by atoms with van der Waals surface area (Å²) in [6, 6.07) is 2.25. The van der Waals surface area contributed by atoms with Crippen LogP contribution in [0.15, 0.2) is 12.3 Å². The summed E-state index contributed by atoms with van der Waals surface area (Å²) in [5, 5.41) is 0. The third kappa shape index (κ3) is 2.36. The van der Waals surface area contributed by atoms with E-state index in [1.54, 1.807) is 0 Å². The van der Waals surface area contributed by atoms with Crippen LogP contribution in [0.3, 0.4) is 0 Å². The molecule has 0 aliphatic heterocycles. The molecule has 0 spiro atoms. The van der Waals surface area contributed by atoms with Gasteiger partial charge in [-0.2, -0.15) is 0 Å². The van der Waals surface area contributed by atoms with Gasteiger partial charge in [0.1, 0.15) is 0 Å². The van der Waals surface area contributed by atoms with Crippen LogP contribution in [0.25, 0.3) is 0 Å². The van der Waals surface area contributed by atoms with Crippen molar-refractivity contribution in [1.82, 2.24) is 4.57 Å². The van der Waals surface area contributed by atoms with Gasteiger partial charge in [-0.05, 0) is 30.4 Å². The normalized spacial score (nSPS) is 11.6. The van der Waals surface area contributed by atoms with Gasteiger partial charge < -0.3 is 4.57 Å². The maximum atomic E-state index is 2.36. The fourth-order valence-corrected chi connectivity index (χ4v) is 1.77. The second-order valence-electron chi connectivity index (χ2n) is 4.56. The molecule has 1 heteroatoms. The highest BCUT2D eigenvalue weighted by atomic mass is 15.0. The average Bonchev–Trinajstić information content (AvgIpc) is 2.32. The molecule has 0 fully saturated rings. The molecule has 0 amide bonds. The van der Waals surface area contributed by atoms with E-state index in [0.29, 0.717) is 5.92 Å². The van der Waals surface area contributed by atoms with Gasteiger partial charge in [-0.15, -0.1) is 0 Å². The van der Waals surface area contributed by atoms with Gasteiger partial charge in [0.15, 0.2) is 0 Å². The topological polar surface area (TPSA) is 4.93 Å². The second-order valence-corrected chi connectivity index (χ2v) is 4.56. The molecule has 0 N–H and O–H groups in total. The van der Waals surface area contributed by atoms with Crippen molar-refractivity contribution in [2.75, 3.05) is 0 Å². The summed E-state index contributed by atoms with van der Waals surface area (Å²) in [6.07, 6.45) is 2.21. The first-order chi connectivity index (χ1) is 6.02. The summed E-state index contributed by atoms with van der Waals surface area (Å²) in [4.78, 5) is 0. The molecule has 13 heavy (non-hydrogen) atoms. The molecule has 0 unspecified atom stereocenters. The first kappa shape index (κ1) is 10.4. The Kier molecular flexibility index (Phi) is 3.18. The van der Waals surface area contributed by atoms with E-state index in [0.717, 1.165) is 12.5 Å². The molecule has 0 radical (unpaired) electrons. The van der Waals surface area contributed by atoms with Gasteiger partial charge in [0, 0.05) is 18.4 Å². The van der Waals surface area contributed by atoms with Gasteiger partial charge >= 0.3 is 0 Å². The second kappa shape index (κ2) is 3.99. The van der Waals surface area contributed by atoms with Crippen LogP contribution < -0.4 is 0 Å². The highest BCUT2D eigenvalue weighted by molar-refractivity contribution is 5.24. The summed E-state index contributed by atoms with van der Waals surface area (Å²) >= 11 is 0. The zero-order valence-corrected chi connectivity index (χ0v) is 9.46. The number of hydrogen-bond donors (Lipinski definition) is 0. The lowest BCUT2D eigenvalue weighted by Gasteiger charge is -2.11. The van der Waals surface area contributed by atoms with Crippen LogP contribution in [0, 0.1) is 12.8 Å². The van der Waals surface area contributed by atoms with E-state index in [1.807, 2.05) is 0 Å². The Morgan fingerprint density at radius 3 is 2.23 bits per heavy atom. The van der Waals surface area contributed by atoms with E-state index in [4.69, 9.17) is 0 Å². The predicted molar refractivity (Wildman–Crippen MR) is 58.1 cm³/mol. The van der Waals surface area contributed by atoms with Gasteiger partial charge in [0.25, 0.3) is 0 Å². The maximum absolute atomic E-state index is 2.36. The number of rotatable bonds is 3. The van der Waals surface area contributed by atoms with E-state index >= 15 is 0 Å². The number of nitrogens with zero attached hydrogens (tertiary/aromatic N) is 1. The van der Waals surface area contributed by atoms with Crippen molar-refractivity contribution in [2.24, 2.45) is 5.92 Å². The maximum Gasteiger partial charge on any atom is 0.0245 e. The quantitative estimate of drug-likeness (QED) is 0.668. The van der Waals surface area contributed by atoms with Crippen molar-refractivity contribution in [1.29, 1.82) is 0 Å². The van der Waals surface area contributed by atoms with Crippen molar-refractivity contribution in [3.05, 3.63) is 23.5 Å². The lowest BCUT2D eigenvalue weighted by atomic mass is 10.0. The molecule has 0 atom stereocenters. The molecule has 0 saturated carbocycles. The third-order valence-electron chi connectivity index (χ3n) is 2.47. The van der Waals surface area contributed by atoms with Crippen molar-refractivity contribution in [2.45, 2.75) is 47.1 Å². The molecule has 1 nitrogen and oxygen atoms in total. The van der Waals surface area contributed by atoms with Crippen molar-refractivity contribution < 1.29 is 0 Å². The lowest BCUT2D eigenvalue weighted by Crippen LogP contribution is -2.05. The van der Waals surface area contributed by atoms with Crippen molar-refractivity contribution >= 4 is 0 Å². The van der Waals surface area contributed by atoms with Crippen LogP contribution in [0.2, 0.25) is 0 Å². The van der Waals surface area contributed by atoms with Crippen molar-refractivity contribution in [3.8, 4) is 0 Å². The summed E-state index contributed by atoms with van der Waals surface area (Å²) < 4.78 is 2.36. The van der Waals surface area contributed by atoms with Crippen LogP contribution in [0.5, 0.6) is 0 Å². The lowest BCUT2D eigenvalue weighted by molar-refractivity contribution is 0.515. The summed E-state index contributed by atoms with van der Waals surface area (Å²) in [5.74, 6) is 1.37. The molecule has 0 bridgehead atoms. The fraction of sp³-hybridized carbons (Fsp3) is 0.667. The van der Waals surface area contributed by atoms with Crippen LogP contribution in [0.4, 0.5) is 0 Å². The summed E-state index contributed by atoms with van der Waals surface area (Å²) in [7, 11) is 0. The molecule has 1 aromatic heterocycles. The molecule has 1 aromatic rings. The molecular weight excluding hydrogens is 158 g/mol. The van der Waals surface area contributed by atoms with Gasteiger partial charge in [0.2, 0.25) is 0 Å². The molecule has 0 aliphatic carbocycles. The number of aromatic nitrogens is 1. The van der Waals surface area contributed by atoms with E-state index in [9.17, 15) is 0 Å². The molecule has 0 aromatic carbocycles. The Morgan fingerprint density at radius 2 is 1.85 bits per heavy atom. The van der Waals surface area contributed by atoms with Gasteiger partial charge in [-0.1, -0.05) is 27.7 Å². The highest BCUT2D eigenvalue weighted by Crippen LogP contribution is 2.20. The average molecular weight is 179 g/mol. The summed E-state index contributed by atoms with van der Waals surface area (Å²) in [5.41, 5.74) is 2.92. The molecular formula is C12H21N. The minimum Gasteiger partial charge on any atom is -0.351 e. The molecule has 74 valence electrons. The Hall–Kier alpha value is -0.720. The molecule has 0 aliphatic rings. The van der Waals surface area contributed by atoms with Crippen LogP contribution in [-0.2, 0) is 6.54 Å². The highest BCUT2D eigenvalue weighted by Gasteiger charge is 2.08. The summed E-state index contributed by atoms with van der Waals surface area (Å²) in [6.45, 7) is 12.4. The fourth-order valence-electron chi connectivity index (χ4n) is 1.77. The van der Waals surface area contributed by atoms with E-state index in [2.05, 4.69) is 51.4 Å². The molecule has 1 rings (SSSR count). The van der Waals surface area contributed by atoms with Gasteiger partial charge in [-0.3, -0.25) is 0 Å². The predicted octanol–water partition coefficient (Wildman–Crippen LogP) is 3.58. The standard InChI is InChI=1S/C12H21N/c1-9(2)8-13-7-6-12(10(3)4)11(13)5/h6-7,9-10H,8H2,1-5H3. The van der Waals surface area contributed by atoms with Crippen LogP contribution in [-0.4, -0.2) is 4.57 Å². The number of hydrogen-bond acceptors (Lipinski definition) is 0. The van der Waals surface area contributed by atoms with E-state index < -0.39 is 0 Å². The SMILES string of the molecule is Cc1c(C(C)C)ccn1CC(C)C. The van der Waals surface area contributed by atoms with Crippen LogP contribution >= 0.6 is 0 Å². The Labute approximate surface area is 81.8 Å². The Balaban J connectivity index is 2.86. The minimum atomic E-state index is 0.647. The first-order valence-electron chi connectivity index (χ1n) is 5.18. The zero-order chi connectivity index (χ0) is 10.0. The first-order valence-corrected chi connectivity index (χ1v) is 5.18. The smallest absolute Gasteiger partial charge is 0.0245 e. The Bertz CT molecular complexity index is 269. The molecule has 0 saturated heterocycles. The molecule has 1 heterocycles. The zero-order valence-electron chi connectivity index (χ0n) is 9.46. The van der Waals surface area contributed by atoms with E-state index in [-0.39, 0.29) is 0 Å². The Morgan fingerprint density at radius 1 is 1.23 bits per heavy atom. The van der Waals surface area contributed by atoms with Crippen LogP contribution in [0.1, 0.15) is 44.9 Å². The van der Waals surface area contributed by atoms with E-state index in [1.165, 1.54) is 11.3 Å². The third-order valence-corrected chi connectivity index (χ3v) is 2.47. The van der Waals surface area contributed by atoms with Gasteiger partial charge in [0.05, 0.1) is 0 Å². The minimum absolute atomic E-state index is 0.647.